The third-order valence-electron chi connectivity index (χ3n) is 3.28. The number of carbonyl (C=O) groups is 2. The molecule has 5 heteroatoms. The van der Waals surface area contributed by atoms with Crippen LogP contribution >= 0.6 is 0 Å². The molecule has 0 fully saturated rings. The lowest BCUT2D eigenvalue weighted by Crippen LogP contribution is -2.43. The fraction of sp³-hybridized carbons (Fsp3) is 0.412. The van der Waals surface area contributed by atoms with Crippen LogP contribution in [0.2, 0.25) is 0 Å². The Morgan fingerprint density at radius 3 is 2.59 bits per heavy atom. The second-order valence-electron chi connectivity index (χ2n) is 5.12. The maximum Gasteiger partial charge on any atom is 0.326 e. The van der Waals surface area contributed by atoms with Gasteiger partial charge in [0.25, 0.3) is 0 Å². The van der Waals surface area contributed by atoms with E-state index in [0.29, 0.717) is 25.9 Å². The number of allylic oxidation sites excluding steroid dienone is 1. The molecule has 22 heavy (non-hydrogen) atoms. The topological polar surface area (TPSA) is 75.6 Å². The van der Waals surface area contributed by atoms with Gasteiger partial charge in [0.1, 0.15) is 11.8 Å². The first kappa shape index (κ1) is 17.8. The highest BCUT2D eigenvalue weighted by Gasteiger charge is 2.22. The highest BCUT2D eigenvalue weighted by atomic mass is 16.5. The van der Waals surface area contributed by atoms with Gasteiger partial charge in [-0.1, -0.05) is 31.2 Å². The Morgan fingerprint density at radius 2 is 2.00 bits per heavy atom. The fourth-order valence-electron chi connectivity index (χ4n) is 1.86. The normalized spacial score (nSPS) is 13.0. The van der Waals surface area contributed by atoms with Crippen LogP contribution < -0.4 is 10.1 Å². The Balaban J connectivity index is 2.36. The van der Waals surface area contributed by atoms with Gasteiger partial charge < -0.3 is 15.2 Å². The number of aliphatic carboxylic acids is 1. The van der Waals surface area contributed by atoms with Crippen molar-refractivity contribution in [1.82, 2.24) is 5.32 Å². The van der Waals surface area contributed by atoms with E-state index < -0.39 is 12.0 Å². The molecule has 0 bridgehead atoms. The highest BCUT2D eigenvalue weighted by Crippen LogP contribution is 2.11. The first-order valence-electron chi connectivity index (χ1n) is 7.36. The molecule has 5 nitrogen and oxygen atoms in total. The Hall–Kier alpha value is -2.30. The van der Waals surface area contributed by atoms with Crippen molar-refractivity contribution in [3.8, 4) is 5.75 Å². The molecular weight excluding hydrogens is 282 g/mol. The van der Waals surface area contributed by atoms with Crippen LogP contribution in [0.15, 0.2) is 43.0 Å². The Bertz CT molecular complexity index is 487. The number of amides is 1. The van der Waals surface area contributed by atoms with Crippen LogP contribution in [0.5, 0.6) is 5.75 Å². The number of carboxylic acids is 1. The van der Waals surface area contributed by atoms with Crippen LogP contribution in [-0.2, 0) is 9.59 Å². The van der Waals surface area contributed by atoms with Gasteiger partial charge in [-0.25, -0.2) is 4.79 Å². The van der Waals surface area contributed by atoms with E-state index in [2.05, 4.69) is 11.9 Å². The smallest absolute Gasteiger partial charge is 0.326 e. The van der Waals surface area contributed by atoms with Crippen LogP contribution in [0.25, 0.3) is 0 Å². The molecule has 1 rings (SSSR count). The Kier molecular flexibility index (Phi) is 7.75. The molecule has 0 saturated carbocycles. The standard InChI is InChI=1S/C17H23NO4/c1-3-4-10-15(17(20)21)18-16(19)13(2)11-12-22-14-8-6-5-7-9-14/h3,5-9,13,15H,1,4,10-12H2,2H3,(H,18,19)(H,20,21). The molecule has 0 heterocycles. The number of hydrogen-bond donors (Lipinski definition) is 2. The van der Waals surface area contributed by atoms with Gasteiger partial charge in [-0.3, -0.25) is 4.79 Å². The summed E-state index contributed by atoms with van der Waals surface area (Å²) in [6.45, 7) is 5.72. The van der Waals surface area contributed by atoms with Crippen molar-refractivity contribution >= 4 is 11.9 Å². The summed E-state index contributed by atoms with van der Waals surface area (Å²) in [5, 5.41) is 11.6. The maximum atomic E-state index is 12.0. The Morgan fingerprint density at radius 1 is 1.32 bits per heavy atom. The Labute approximate surface area is 131 Å². The molecule has 0 aromatic heterocycles. The van der Waals surface area contributed by atoms with Crippen LogP contribution in [0.3, 0.4) is 0 Å². The minimum absolute atomic E-state index is 0.270. The summed E-state index contributed by atoms with van der Waals surface area (Å²) in [4.78, 5) is 23.1. The van der Waals surface area contributed by atoms with E-state index >= 15 is 0 Å². The second kappa shape index (κ2) is 9.60. The first-order valence-corrected chi connectivity index (χ1v) is 7.36. The number of carbonyl (C=O) groups excluding carboxylic acids is 1. The average Bonchev–Trinajstić information content (AvgIpc) is 2.51. The summed E-state index contributed by atoms with van der Waals surface area (Å²) in [5.41, 5.74) is 0. The van der Waals surface area contributed by atoms with Crippen molar-refractivity contribution in [2.45, 2.75) is 32.2 Å². The number of hydrogen-bond acceptors (Lipinski definition) is 3. The van der Waals surface area contributed by atoms with Crippen LogP contribution in [0.4, 0.5) is 0 Å². The van der Waals surface area contributed by atoms with E-state index in [1.807, 2.05) is 30.3 Å². The molecule has 2 unspecified atom stereocenters. The summed E-state index contributed by atoms with van der Waals surface area (Å²) in [5.74, 6) is -0.852. The molecule has 120 valence electrons. The fourth-order valence-corrected chi connectivity index (χ4v) is 1.86. The van der Waals surface area contributed by atoms with Crippen molar-refractivity contribution in [2.75, 3.05) is 6.61 Å². The van der Waals surface area contributed by atoms with Crippen molar-refractivity contribution in [3.63, 3.8) is 0 Å². The van der Waals surface area contributed by atoms with Gasteiger partial charge in [0.05, 0.1) is 6.61 Å². The largest absolute Gasteiger partial charge is 0.494 e. The third kappa shape index (κ3) is 6.43. The first-order chi connectivity index (χ1) is 10.5. The van der Waals surface area contributed by atoms with Gasteiger partial charge in [-0.2, -0.15) is 0 Å². The quantitative estimate of drug-likeness (QED) is 0.652. The second-order valence-corrected chi connectivity index (χ2v) is 5.12. The van der Waals surface area contributed by atoms with E-state index in [1.54, 1.807) is 13.0 Å². The van der Waals surface area contributed by atoms with Gasteiger partial charge in [0, 0.05) is 5.92 Å². The molecule has 0 spiro atoms. The minimum Gasteiger partial charge on any atom is -0.494 e. The number of nitrogens with one attached hydrogen (secondary N) is 1. The maximum absolute atomic E-state index is 12.0. The number of para-hydroxylation sites is 1. The third-order valence-corrected chi connectivity index (χ3v) is 3.28. The summed E-state index contributed by atoms with van der Waals surface area (Å²) in [6, 6.07) is 8.48. The zero-order valence-electron chi connectivity index (χ0n) is 12.8. The van der Waals surface area contributed by atoms with Crippen molar-refractivity contribution in [1.29, 1.82) is 0 Å². The molecule has 0 saturated heterocycles. The lowest BCUT2D eigenvalue weighted by molar-refractivity contribution is -0.142. The SMILES string of the molecule is C=CCCC(NC(=O)C(C)CCOc1ccccc1)C(=O)O. The van der Waals surface area contributed by atoms with Crippen LogP contribution in [-0.4, -0.2) is 29.6 Å². The number of rotatable bonds is 10. The summed E-state index contributed by atoms with van der Waals surface area (Å²) >= 11 is 0. The molecule has 0 aliphatic heterocycles. The van der Waals surface area contributed by atoms with E-state index in [-0.39, 0.29) is 11.8 Å². The average molecular weight is 305 g/mol. The van der Waals surface area contributed by atoms with Crippen LogP contribution in [0.1, 0.15) is 26.2 Å². The molecule has 2 N–H and O–H groups in total. The van der Waals surface area contributed by atoms with Gasteiger partial charge in [0.2, 0.25) is 5.91 Å². The molecule has 2 atom stereocenters. The molecule has 0 radical (unpaired) electrons. The number of carboxylic acid groups (broad SMARTS) is 1. The lowest BCUT2D eigenvalue weighted by atomic mass is 10.1. The minimum atomic E-state index is -1.03. The molecular formula is C17H23NO4. The van der Waals surface area contributed by atoms with E-state index in [0.717, 1.165) is 5.75 Å². The van der Waals surface area contributed by atoms with Crippen LogP contribution in [0, 0.1) is 5.92 Å². The number of ether oxygens (including phenoxy) is 1. The number of benzene rings is 1. The van der Waals surface area contributed by atoms with Gasteiger partial charge in [-0.05, 0) is 31.4 Å². The highest BCUT2D eigenvalue weighted by molar-refractivity contribution is 5.84. The zero-order valence-corrected chi connectivity index (χ0v) is 12.8. The molecule has 0 aliphatic rings. The van der Waals surface area contributed by atoms with Gasteiger partial charge in [0.15, 0.2) is 0 Å². The van der Waals surface area contributed by atoms with Crippen molar-refractivity contribution in [3.05, 3.63) is 43.0 Å². The molecule has 1 aromatic rings. The van der Waals surface area contributed by atoms with E-state index in [9.17, 15) is 9.59 Å². The molecule has 1 aromatic carbocycles. The molecule has 0 aliphatic carbocycles. The van der Waals surface area contributed by atoms with E-state index in [4.69, 9.17) is 9.84 Å². The summed E-state index contributed by atoms with van der Waals surface area (Å²) in [6.07, 6.45) is 3.05. The summed E-state index contributed by atoms with van der Waals surface area (Å²) < 4.78 is 5.53. The zero-order chi connectivity index (χ0) is 16.4. The van der Waals surface area contributed by atoms with Gasteiger partial charge in [-0.15, -0.1) is 6.58 Å². The predicted molar refractivity (Wildman–Crippen MR) is 84.7 cm³/mol. The van der Waals surface area contributed by atoms with Gasteiger partial charge >= 0.3 is 5.97 Å². The monoisotopic (exact) mass is 305 g/mol. The lowest BCUT2D eigenvalue weighted by Gasteiger charge is -2.17. The van der Waals surface area contributed by atoms with Crippen molar-refractivity contribution < 1.29 is 19.4 Å². The summed E-state index contributed by atoms with van der Waals surface area (Å²) in [7, 11) is 0. The predicted octanol–water partition coefficient (Wildman–Crippen LogP) is 2.63. The molecule has 1 amide bonds. The van der Waals surface area contributed by atoms with Crippen molar-refractivity contribution in [2.24, 2.45) is 5.92 Å². The van der Waals surface area contributed by atoms with E-state index in [1.165, 1.54) is 0 Å².